The van der Waals surface area contributed by atoms with Crippen molar-refractivity contribution in [3.8, 4) is 11.4 Å². The van der Waals surface area contributed by atoms with Crippen LogP contribution < -0.4 is 0 Å². The van der Waals surface area contributed by atoms with E-state index >= 15 is 0 Å². The molecule has 0 fully saturated rings. The van der Waals surface area contributed by atoms with E-state index in [1.807, 2.05) is 38.4 Å². The van der Waals surface area contributed by atoms with E-state index in [1.165, 1.54) is 10.2 Å². The number of aryl methyl sites for hydroxylation is 1. The number of aromatic carboxylic acids is 1. The van der Waals surface area contributed by atoms with Gasteiger partial charge in [-0.25, -0.2) is 14.5 Å². The van der Waals surface area contributed by atoms with Crippen molar-refractivity contribution in [2.45, 2.75) is 13.0 Å². The zero-order valence-electron chi connectivity index (χ0n) is 12.0. The number of rotatable bonds is 4. The number of carbonyl (C=O) groups is 1. The Kier molecular flexibility index (Phi) is 3.85. The van der Waals surface area contributed by atoms with Crippen LogP contribution in [0.25, 0.3) is 11.4 Å². The Morgan fingerprint density at radius 1 is 1.30 bits per heavy atom. The third-order valence-corrected chi connectivity index (χ3v) is 3.38. The summed E-state index contributed by atoms with van der Waals surface area (Å²) in [5.74, 6) is -0.760. The van der Waals surface area contributed by atoms with Gasteiger partial charge in [0.1, 0.15) is 0 Å². The highest BCUT2D eigenvalue weighted by atomic mass is 16.4. The normalized spacial score (nSPS) is 12.7. The molecule has 1 atom stereocenters. The Labute approximate surface area is 117 Å². The van der Waals surface area contributed by atoms with E-state index in [1.54, 1.807) is 7.05 Å². The fourth-order valence-electron chi connectivity index (χ4n) is 1.94. The highest BCUT2D eigenvalue weighted by Gasteiger charge is 2.15. The fraction of sp³-hybridized carbons (Fsp3) is 0.357. The lowest BCUT2D eigenvalue weighted by Gasteiger charge is -2.20. The maximum Gasteiger partial charge on any atom is 0.375 e. The topological polar surface area (TPSA) is 71.2 Å². The molecule has 6 heteroatoms. The minimum atomic E-state index is -1.12. The minimum absolute atomic E-state index is 0.187. The first-order valence-electron chi connectivity index (χ1n) is 6.31. The van der Waals surface area contributed by atoms with Crippen molar-refractivity contribution in [1.29, 1.82) is 0 Å². The van der Waals surface area contributed by atoms with Crippen LogP contribution in [-0.2, 0) is 7.05 Å². The van der Waals surface area contributed by atoms with Crippen LogP contribution in [0.15, 0.2) is 24.3 Å². The monoisotopic (exact) mass is 274 g/mol. The van der Waals surface area contributed by atoms with Gasteiger partial charge >= 0.3 is 5.97 Å². The Balaban J connectivity index is 2.33. The number of aromatic nitrogens is 3. The summed E-state index contributed by atoms with van der Waals surface area (Å²) in [4.78, 5) is 17.0. The van der Waals surface area contributed by atoms with E-state index < -0.39 is 5.97 Å². The van der Waals surface area contributed by atoms with Gasteiger partial charge in [-0.3, -0.25) is 0 Å². The average Bonchev–Trinajstić information content (AvgIpc) is 2.80. The van der Waals surface area contributed by atoms with E-state index in [9.17, 15) is 4.79 Å². The standard InChI is InChI=1S/C14H18N4O2/c1-9(17(2)3)10-5-7-11(8-6-10)13-15-12(14(19)20)16-18(13)4/h5-9H,1-4H3,(H,19,20)/t9-/m1/s1. The van der Waals surface area contributed by atoms with Crippen LogP contribution in [0.1, 0.15) is 29.1 Å². The quantitative estimate of drug-likeness (QED) is 0.920. The largest absolute Gasteiger partial charge is 0.475 e. The van der Waals surface area contributed by atoms with Crippen LogP contribution in [0, 0.1) is 0 Å². The lowest BCUT2D eigenvalue weighted by molar-refractivity contribution is 0.0683. The molecule has 1 aromatic heterocycles. The molecule has 0 unspecified atom stereocenters. The highest BCUT2D eigenvalue weighted by Crippen LogP contribution is 2.22. The molecule has 0 aliphatic heterocycles. The van der Waals surface area contributed by atoms with E-state index in [0.717, 1.165) is 5.56 Å². The maximum absolute atomic E-state index is 10.9. The van der Waals surface area contributed by atoms with Crippen molar-refractivity contribution in [3.63, 3.8) is 0 Å². The first-order valence-corrected chi connectivity index (χ1v) is 6.31. The summed E-state index contributed by atoms with van der Waals surface area (Å²) in [7, 11) is 5.74. The number of nitrogens with zero attached hydrogens (tertiary/aromatic N) is 4. The van der Waals surface area contributed by atoms with Crippen LogP contribution in [0.3, 0.4) is 0 Å². The van der Waals surface area contributed by atoms with Crippen molar-refractivity contribution in [3.05, 3.63) is 35.7 Å². The zero-order chi connectivity index (χ0) is 14.9. The van der Waals surface area contributed by atoms with E-state index in [-0.39, 0.29) is 5.82 Å². The summed E-state index contributed by atoms with van der Waals surface area (Å²) in [6.07, 6.45) is 0. The van der Waals surface area contributed by atoms with Gasteiger partial charge < -0.3 is 10.0 Å². The Bertz CT molecular complexity index is 617. The number of carboxylic acid groups (broad SMARTS) is 1. The van der Waals surface area contributed by atoms with Crippen LogP contribution in [0.4, 0.5) is 0 Å². The van der Waals surface area contributed by atoms with Gasteiger partial charge in [-0.05, 0) is 26.6 Å². The molecule has 0 saturated heterocycles. The first kappa shape index (κ1) is 14.2. The molecule has 1 N–H and O–H groups in total. The second kappa shape index (κ2) is 5.42. The molecule has 0 aliphatic rings. The predicted octanol–water partition coefficient (Wildman–Crippen LogP) is 1.80. The minimum Gasteiger partial charge on any atom is -0.475 e. The SMILES string of the molecule is C[C@H](c1ccc(-c2nc(C(=O)O)nn2C)cc1)N(C)C. The highest BCUT2D eigenvalue weighted by molar-refractivity contribution is 5.83. The van der Waals surface area contributed by atoms with Crippen molar-refractivity contribution < 1.29 is 9.90 Å². The van der Waals surface area contributed by atoms with E-state index in [0.29, 0.717) is 11.9 Å². The summed E-state index contributed by atoms with van der Waals surface area (Å²) in [5, 5.41) is 12.8. The van der Waals surface area contributed by atoms with Crippen molar-refractivity contribution in [2.24, 2.45) is 7.05 Å². The van der Waals surface area contributed by atoms with Crippen molar-refractivity contribution >= 4 is 5.97 Å². The Hall–Kier alpha value is -2.21. The van der Waals surface area contributed by atoms with Gasteiger partial charge in [-0.2, -0.15) is 0 Å². The average molecular weight is 274 g/mol. The molecule has 1 aromatic carbocycles. The summed E-state index contributed by atoms with van der Waals surface area (Å²) < 4.78 is 1.48. The van der Waals surface area contributed by atoms with Crippen molar-refractivity contribution in [2.75, 3.05) is 14.1 Å². The maximum atomic E-state index is 10.9. The first-order chi connectivity index (χ1) is 9.40. The molecule has 1 heterocycles. The molecule has 0 aliphatic carbocycles. The van der Waals surface area contributed by atoms with E-state index in [2.05, 4.69) is 21.9 Å². The molecular weight excluding hydrogens is 256 g/mol. The van der Waals surface area contributed by atoms with Gasteiger partial charge in [0.15, 0.2) is 5.82 Å². The second-order valence-corrected chi connectivity index (χ2v) is 4.95. The van der Waals surface area contributed by atoms with Gasteiger partial charge in [0, 0.05) is 18.7 Å². The molecule has 0 bridgehead atoms. The molecule has 2 rings (SSSR count). The molecule has 6 nitrogen and oxygen atoms in total. The lowest BCUT2D eigenvalue weighted by atomic mass is 10.1. The Morgan fingerprint density at radius 3 is 2.35 bits per heavy atom. The third-order valence-electron chi connectivity index (χ3n) is 3.38. The third kappa shape index (κ3) is 2.70. The Morgan fingerprint density at radius 2 is 1.90 bits per heavy atom. The van der Waals surface area contributed by atoms with Gasteiger partial charge in [0.2, 0.25) is 0 Å². The van der Waals surface area contributed by atoms with E-state index in [4.69, 9.17) is 5.11 Å². The molecule has 0 spiro atoms. The van der Waals surface area contributed by atoms with Crippen LogP contribution >= 0.6 is 0 Å². The molecule has 2 aromatic rings. The number of hydrogen-bond donors (Lipinski definition) is 1. The molecule has 0 amide bonds. The molecule has 0 saturated carbocycles. The summed E-state index contributed by atoms with van der Waals surface area (Å²) in [6, 6.07) is 8.23. The fourth-order valence-corrected chi connectivity index (χ4v) is 1.94. The molecule has 20 heavy (non-hydrogen) atoms. The van der Waals surface area contributed by atoms with Gasteiger partial charge in [-0.1, -0.05) is 24.3 Å². The van der Waals surface area contributed by atoms with Gasteiger partial charge in [0.25, 0.3) is 5.82 Å². The van der Waals surface area contributed by atoms with Crippen molar-refractivity contribution in [1.82, 2.24) is 19.7 Å². The van der Waals surface area contributed by atoms with Gasteiger partial charge in [0.05, 0.1) is 0 Å². The van der Waals surface area contributed by atoms with Gasteiger partial charge in [-0.15, -0.1) is 5.10 Å². The smallest absolute Gasteiger partial charge is 0.375 e. The van der Waals surface area contributed by atoms with Crippen LogP contribution in [0.2, 0.25) is 0 Å². The number of hydrogen-bond acceptors (Lipinski definition) is 4. The van der Waals surface area contributed by atoms with Crippen LogP contribution in [0.5, 0.6) is 0 Å². The summed E-state index contributed by atoms with van der Waals surface area (Å²) in [5.41, 5.74) is 2.04. The molecular formula is C14H18N4O2. The summed E-state index contributed by atoms with van der Waals surface area (Å²) >= 11 is 0. The number of carboxylic acids is 1. The molecule has 106 valence electrons. The van der Waals surface area contributed by atoms with Crippen LogP contribution in [-0.4, -0.2) is 44.8 Å². The number of benzene rings is 1. The summed E-state index contributed by atoms with van der Waals surface area (Å²) in [6.45, 7) is 2.12. The predicted molar refractivity (Wildman–Crippen MR) is 75.5 cm³/mol. The lowest BCUT2D eigenvalue weighted by Crippen LogP contribution is -2.16. The zero-order valence-corrected chi connectivity index (χ0v) is 12.0. The second-order valence-electron chi connectivity index (χ2n) is 4.95. The molecule has 0 radical (unpaired) electrons.